The van der Waals surface area contributed by atoms with Crippen LogP contribution in [0.3, 0.4) is 0 Å². The van der Waals surface area contributed by atoms with Gasteiger partial charge in [-0.15, -0.1) is 0 Å². The molecule has 0 bridgehead atoms. The molecule has 92 valence electrons. The Kier molecular flexibility index (Phi) is 3.65. The normalized spacial score (nSPS) is 17.3. The number of halogens is 2. The maximum absolute atomic E-state index is 13.3. The zero-order valence-corrected chi connectivity index (χ0v) is 11.3. The fourth-order valence-corrected chi connectivity index (χ4v) is 3.29. The van der Waals surface area contributed by atoms with Gasteiger partial charge >= 0.3 is 0 Å². The van der Waals surface area contributed by atoms with E-state index >= 15 is 0 Å². The number of sulfonamides is 1. The van der Waals surface area contributed by atoms with Crippen LogP contribution in [-0.2, 0) is 10.0 Å². The van der Waals surface area contributed by atoms with E-state index in [1.54, 1.807) is 6.08 Å². The summed E-state index contributed by atoms with van der Waals surface area (Å²) >= 11 is 3.00. The van der Waals surface area contributed by atoms with Crippen molar-refractivity contribution in [3.63, 3.8) is 0 Å². The Hall–Kier alpha value is -0.720. The SMILES string of the molecule is O=S(=O)(c1ccc(Br)c(F)c1)N1CC=CCC1. The molecule has 1 aromatic rings. The Morgan fingerprint density at radius 3 is 2.65 bits per heavy atom. The van der Waals surface area contributed by atoms with Crippen molar-refractivity contribution in [2.24, 2.45) is 0 Å². The second-order valence-corrected chi connectivity index (χ2v) is 6.49. The molecule has 0 saturated carbocycles. The van der Waals surface area contributed by atoms with Gasteiger partial charge in [0.25, 0.3) is 0 Å². The second-order valence-electron chi connectivity index (χ2n) is 3.70. The van der Waals surface area contributed by atoms with Gasteiger partial charge in [-0.1, -0.05) is 12.2 Å². The van der Waals surface area contributed by atoms with Gasteiger partial charge in [0.15, 0.2) is 0 Å². The maximum Gasteiger partial charge on any atom is 0.243 e. The van der Waals surface area contributed by atoms with Crippen LogP contribution in [0.15, 0.2) is 39.7 Å². The number of benzene rings is 1. The second kappa shape index (κ2) is 4.88. The van der Waals surface area contributed by atoms with E-state index in [-0.39, 0.29) is 9.37 Å². The highest BCUT2D eigenvalue weighted by molar-refractivity contribution is 9.10. The van der Waals surface area contributed by atoms with Crippen LogP contribution >= 0.6 is 15.9 Å². The number of nitrogens with zero attached hydrogens (tertiary/aromatic N) is 1. The summed E-state index contributed by atoms with van der Waals surface area (Å²) in [6, 6.07) is 3.85. The van der Waals surface area contributed by atoms with Gasteiger partial charge in [0.1, 0.15) is 5.82 Å². The van der Waals surface area contributed by atoms with Crippen molar-refractivity contribution in [3.8, 4) is 0 Å². The molecule has 0 spiro atoms. The summed E-state index contributed by atoms with van der Waals surface area (Å²) in [4.78, 5) is -0.00602. The Labute approximate surface area is 108 Å². The summed E-state index contributed by atoms with van der Waals surface area (Å²) in [7, 11) is -3.58. The van der Waals surface area contributed by atoms with Crippen LogP contribution in [-0.4, -0.2) is 25.8 Å². The summed E-state index contributed by atoms with van der Waals surface area (Å²) in [5.41, 5.74) is 0. The van der Waals surface area contributed by atoms with Gasteiger partial charge in [-0.2, -0.15) is 4.31 Å². The first-order valence-electron chi connectivity index (χ1n) is 5.12. The molecule has 17 heavy (non-hydrogen) atoms. The largest absolute Gasteiger partial charge is 0.243 e. The van der Waals surface area contributed by atoms with Gasteiger partial charge in [-0.25, -0.2) is 12.8 Å². The minimum Gasteiger partial charge on any atom is -0.207 e. The van der Waals surface area contributed by atoms with Crippen LogP contribution < -0.4 is 0 Å². The van der Waals surface area contributed by atoms with Crippen molar-refractivity contribution in [1.82, 2.24) is 4.31 Å². The van der Waals surface area contributed by atoms with Crippen molar-refractivity contribution in [2.45, 2.75) is 11.3 Å². The molecule has 1 heterocycles. The lowest BCUT2D eigenvalue weighted by atomic mass is 10.3. The number of hydrogen-bond acceptors (Lipinski definition) is 2. The minimum atomic E-state index is -3.58. The fraction of sp³-hybridized carbons (Fsp3) is 0.273. The molecule has 0 saturated heterocycles. The smallest absolute Gasteiger partial charge is 0.207 e. The third-order valence-corrected chi connectivity index (χ3v) is 5.05. The van der Waals surface area contributed by atoms with Crippen molar-refractivity contribution >= 4 is 26.0 Å². The van der Waals surface area contributed by atoms with Crippen LogP contribution in [0.1, 0.15) is 6.42 Å². The summed E-state index contributed by atoms with van der Waals surface area (Å²) in [5, 5.41) is 0. The molecule has 0 radical (unpaired) electrons. The molecule has 0 aliphatic carbocycles. The fourth-order valence-electron chi connectivity index (χ4n) is 1.62. The average molecular weight is 320 g/mol. The van der Waals surface area contributed by atoms with E-state index < -0.39 is 15.8 Å². The first-order chi connectivity index (χ1) is 8.01. The lowest BCUT2D eigenvalue weighted by Gasteiger charge is -2.22. The van der Waals surface area contributed by atoms with Crippen molar-refractivity contribution in [1.29, 1.82) is 0 Å². The standard InChI is InChI=1S/C11H11BrFNO2S/c12-10-5-4-9(8-11(10)13)17(15,16)14-6-2-1-3-7-14/h1-2,4-5,8H,3,6-7H2. The summed E-state index contributed by atoms with van der Waals surface area (Å²) < 4.78 is 39.3. The van der Waals surface area contributed by atoms with Crippen molar-refractivity contribution in [3.05, 3.63) is 40.6 Å². The monoisotopic (exact) mass is 319 g/mol. The summed E-state index contributed by atoms with van der Waals surface area (Å²) in [6.45, 7) is 0.788. The molecule has 3 nitrogen and oxygen atoms in total. The zero-order valence-electron chi connectivity index (χ0n) is 8.94. The molecule has 0 amide bonds. The van der Waals surface area contributed by atoms with Crippen LogP contribution in [0.25, 0.3) is 0 Å². The summed E-state index contributed by atoms with van der Waals surface area (Å²) in [6.07, 6.45) is 4.43. The molecule has 0 atom stereocenters. The molecule has 0 unspecified atom stereocenters. The minimum absolute atomic E-state index is 0.00602. The predicted octanol–water partition coefficient (Wildman–Crippen LogP) is 2.54. The van der Waals surface area contributed by atoms with Gasteiger partial charge in [0, 0.05) is 13.1 Å². The molecule has 0 aromatic heterocycles. The van der Waals surface area contributed by atoms with Crippen LogP contribution in [0.5, 0.6) is 0 Å². The lowest BCUT2D eigenvalue weighted by molar-refractivity contribution is 0.437. The molecule has 2 rings (SSSR count). The van der Waals surface area contributed by atoms with Crippen LogP contribution in [0.2, 0.25) is 0 Å². The van der Waals surface area contributed by atoms with E-state index in [0.717, 1.165) is 6.07 Å². The Balaban J connectivity index is 2.37. The van der Waals surface area contributed by atoms with E-state index in [9.17, 15) is 12.8 Å². The van der Waals surface area contributed by atoms with E-state index in [2.05, 4.69) is 15.9 Å². The first-order valence-corrected chi connectivity index (χ1v) is 7.35. The third-order valence-electron chi connectivity index (χ3n) is 2.55. The van der Waals surface area contributed by atoms with Gasteiger partial charge in [0.05, 0.1) is 9.37 Å². The van der Waals surface area contributed by atoms with Gasteiger partial charge in [-0.05, 0) is 40.5 Å². The van der Waals surface area contributed by atoms with Crippen LogP contribution in [0.4, 0.5) is 4.39 Å². The van der Waals surface area contributed by atoms with Crippen molar-refractivity contribution < 1.29 is 12.8 Å². The Morgan fingerprint density at radius 1 is 1.29 bits per heavy atom. The van der Waals surface area contributed by atoms with Crippen LogP contribution in [0, 0.1) is 5.82 Å². The number of hydrogen-bond donors (Lipinski definition) is 0. The topological polar surface area (TPSA) is 37.4 Å². The van der Waals surface area contributed by atoms with E-state index in [1.807, 2.05) is 6.08 Å². The molecular formula is C11H11BrFNO2S. The van der Waals surface area contributed by atoms with E-state index in [1.165, 1.54) is 16.4 Å². The van der Waals surface area contributed by atoms with Gasteiger partial charge in [-0.3, -0.25) is 0 Å². The van der Waals surface area contributed by atoms with Crippen molar-refractivity contribution in [2.75, 3.05) is 13.1 Å². The highest BCUT2D eigenvalue weighted by atomic mass is 79.9. The molecule has 1 aliphatic heterocycles. The molecule has 1 aliphatic rings. The number of rotatable bonds is 2. The first kappa shape index (κ1) is 12.7. The quantitative estimate of drug-likeness (QED) is 0.786. The Morgan fingerprint density at radius 2 is 2.06 bits per heavy atom. The van der Waals surface area contributed by atoms with Gasteiger partial charge in [0.2, 0.25) is 10.0 Å². The molecular weight excluding hydrogens is 309 g/mol. The molecule has 0 N–H and O–H groups in total. The molecule has 1 aromatic carbocycles. The van der Waals surface area contributed by atoms with Gasteiger partial charge < -0.3 is 0 Å². The third kappa shape index (κ3) is 2.59. The highest BCUT2D eigenvalue weighted by Crippen LogP contribution is 2.23. The Bertz CT molecular complexity index is 557. The molecule has 6 heteroatoms. The molecule has 0 fully saturated rings. The maximum atomic E-state index is 13.3. The average Bonchev–Trinajstić information content (AvgIpc) is 2.33. The lowest BCUT2D eigenvalue weighted by Crippen LogP contribution is -2.33. The highest BCUT2D eigenvalue weighted by Gasteiger charge is 2.24. The predicted molar refractivity (Wildman–Crippen MR) is 66.6 cm³/mol. The van der Waals surface area contributed by atoms with E-state index in [4.69, 9.17) is 0 Å². The van der Waals surface area contributed by atoms with E-state index in [0.29, 0.717) is 19.5 Å². The zero-order chi connectivity index (χ0) is 12.5. The summed E-state index contributed by atoms with van der Waals surface area (Å²) in [5.74, 6) is -0.571.